The molecule has 2 bridgehead atoms. The van der Waals surface area contributed by atoms with Crippen molar-refractivity contribution in [3.63, 3.8) is 0 Å². The van der Waals surface area contributed by atoms with Crippen molar-refractivity contribution >= 4 is 0 Å². The van der Waals surface area contributed by atoms with Gasteiger partial charge in [0.1, 0.15) is 29.7 Å². The Morgan fingerprint density at radius 3 is 2.45 bits per heavy atom. The number of aromatic hydroxyl groups is 1. The lowest BCUT2D eigenvalue weighted by molar-refractivity contribution is -0.329. The van der Waals surface area contributed by atoms with Crippen LogP contribution < -0.4 is 0 Å². The van der Waals surface area contributed by atoms with Gasteiger partial charge in [-0.2, -0.15) is 5.26 Å². The number of benzene rings is 2. The van der Waals surface area contributed by atoms with Gasteiger partial charge in [0.2, 0.25) is 5.79 Å². The molecule has 0 amide bonds. The van der Waals surface area contributed by atoms with Crippen LogP contribution in [0.25, 0.3) is 0 Å². The standard InChI is InChI=1S/C21H21NO7/c22-9-13-3-4-15(8-14(13)7-12-1-5-16(24)6-2-12)21-19(27)17(25)18(26)20(10-23,29-21)11-28-21/h1-6,8,17-19,23-27H,7,10-11H2. The van der Waals surface area contributed by atoms with Crippen molar-refractivity contribution in [2.75, 3.05) is 13.2 Å². The minimum Gasteiger partial charge on any atom is -0.508 e. The van der Waals surface area contributed by atoms with Gasteiger partial charge < -0.3 is 35.0 Å². The maximum Gasteiger partial charge on any atom is 0.225 e. The summed E-state index contributed by atoms with van der Waals surface area (Å²) in [4.78, 5) is 0. The number of ether oxygens (including phenoxy) is 2. The normalized spacial score (nSPS) is 33.4. The molecule has 5 atom stereocenters. The molecular formula is C21H21NO7. The van der Waals surface area contributed by atoms with Crippen LogP contribution in [0, 0.1) is 11.3 Å². The van der Waals surface area contributed by atoms with E-state index < -0.39 is 36.3 Å². The van der Waals surface area contributed by atoms with E-state index in [-0.39, 0.29) is 12.4 Å². The van der Waals surface area contributed by atoms with Crippen LogP contribution in [0.2, 0.25) is 0 Å². The van der Waals surface area contributed by atoms with Crippen LogP contribution >= 0.6 is 0 Å². The van der Waals surface area contributed by atoms with Gasteiger partial charge in [-0.25, -0.2) is 0 Å². The van der Waals surface area contributed by atoms with Gasteiger partial charge in [-0.05, 0) is 41.8 Å². The molecule has 2 heterocycles. The highest BCUT2D eigenvalue weighted by Gasteiger charge is 2.67. The Labute approximate surface area is 166 Å². The van der Waals surface area contributed by atoms with Crippen LogP contribution in [0.4, 0.5) is 0 Å². The average molecular weight is 399 g/mol. The Kier molecular flexibility index (Phi) is 4.83. The second-order valence-corrected chi connectivity index (χ2v) is 7.49. The molecule has 0 radical (unpaired) electrons. The molecule has 8 nitrogen and oxygen atoms in total. The third-order valence-electron chi connectivity index (χ3n) is 5.69. The Balaban J connectivity index is 1.75. The summed E-state index contributed by atoms with van der Waals surface area (Å²) in [6.45, 7) is -0.817. The number of fused-ring (bicyclic) bond motifs is 2. The first kappa shape index (κ1) is 19.8. The Bertz CT molecular complexity index is 956. The van der Waals surface area contributed by atoms with Gasteiger partial charge in [0.15, 0.2) is 0 Å². The third kappa shape index (κ3) is 3.00. The Morgan fingerprint density at radius 1 is 1.07 bits per heavy atom. The molecule has 2 aliphatic heterocycles. The van der Waals surface area contributed by atoms with Crippen LogP contribution in [0.5, 0.6) is 5.75 Å². The smallest absolute Gasteiger partial charge is 0.225 e. The zero-order chi connectivity index (χ0) is 20.8. The molecule has 0 aromatic heterocycles. The molecule has 152 valence electrons. The van der Waals surface area contributed by atoms with E-state index in [0.29, 0.717) is 23.1 Å². The van der Waals surface area contributed by atoms with Gasteiger partial charge >= 0.3 is 0 Å². The molecule has 2 aromatic rings. The van der Waals surface area contributed by atoms with Gasteiger partial charge in [0.25, 0.3) is 0 Å². The van der Waals surface area contributed by atoms with E-state index in [4.69, 9.17) is 9.47 Å². The largest absolute Gasteiger partial charge is 0.508 e. The highest BCUT2D eigenvalue weighted by molar-refractivity contribution is 5.45. The molecule has 5 unspecified atom stereocenters. The quantitative estimate of drug-likeness (QED) is 0.479. The second kappa shape index (κ2) is 7.07. The van der Waals surface area contributed by atoms with E-state index in [1.165, 1.54) is 0 Å². The highest BCUT2D eigenvalue weighted by Crippen LogP contribution is 2.49. The summed E-state index contributed by atoms with van der Waals surface area (Å²) in [5.74, 6) is -1.65. The van der Waals surface area contributed by atoms with Crippen LogP contribution in [-0.4, -0.2) is 62.7 Å². The molecule has 8 heteroatoms. The number of nitrogens with zero attached hydrogens (tertiary/aromatic N) is 1. The third-order valence-corrected chi connectivity index (χ3v) is 5.69. The second-order valence-electron chi connectivity index (χ2n) is 7.49. The highest BCUT2D eigenvalue weighted by atomic mass is 16.8. The summed E-state index contributed by atoms with van der Waals surface area (Å²) in [5.41, 5.74) is 0.705. The van der Waals surface area contributed by atoms with E-state index >= 15 is 0 Å². The van der Waals surface area contributed by atoms with Gasteiger partial charge in [0.05, 0.1) is 24.8 Å². The SMILES string of the molecule is N#Cc1ccc(C23OCC(CO)(O2)C(O)C(O)C3O)cc1Cc1ccc(O)cc1. The fourth-order valence-electron chi connectivity index (χ4n) is 3.97. The molecule has 4 rings (SSSR count). The van der Waals surface area contributed by atoms with E-state index in [1.54, 1.807) is 42.5 Å². The minimum atomic E-state index is -1.78. The average Bonchev–Trinajstić information content (AvgIpc) is 3.13. The topological polar surface area (TPSA) is 143 Å². The molecule has 2 aliphatic rings. The lowest BCUT2D eigenvalue weighted by atomic mass is 9.83. The lowest BCUT2D eigenvalue weighted by Crippen LogP contribution is -2.65. The number of aliphatic hydroxyl groups is 4. The van der Waals surface area contributed by atoms with Crippen molar-refractivity contribution in [1.29, 1.82) is 5.26 Å². The van der Waals surface area contributed by atoms with Gasteiger partial charge in [-0.3, -0.25) is 0 Å². The van der Waals surface area contributed by atoms with Crippen LogP contribution in [0.3, 0.4) is 0 Å². The fraction of sp³-hybridized carbons (Fsp3) is 0.381. The molecule has 2 saturated heterocycles. The van der Waals surface area contributed by atoms with Crippen LogP contribution in [0.15, 0.2) is 42.5 Å². The van der Waals surface area contributed by atoms with E-state index in [2.05, 4.69) is 6.07 Å². The van der Waals surface area contributed by atoms with E-state index in [0.717, 1.165) is 5.56 Å². The molecule has 2 fully saturated rings. The molecule has 5 N–H and O–H groups in total. The van der Waals surface area contributed by atoms with Crippen LogP contribution in [0.1, 0.15) is 22.3 Å². The first-order valence-electron chi connectivity index (χ1n) is 9.16. The minimum absolute atomic E-state index is 0.132. The number of hydrogen-bond acceptors (Lipinski definition) is 8. The Morgan fingerprint density at radius 2 is 1.79 bits per heavy atom. The number of phenolic OH excluding ortho intramolecular Hbond substituents is 1. The molecular weight excluding hydrogens is 378 g/mol. The molecule has 0 spiro atoms. The monoisotopic (exact) mass is 399 g/mol. The predicted molar refractivity (Wildman–Crippen MR) is 98.6 cm³/mol. The summed E-state index contributed by atoms with van der Waals surface area (Å²) in [7, 11) is 0. The number of aliphatic hydroxyl groups excluding tert-OH is 4. The van der Waals surface area contributed by atoms with Gasteiger partial charge in [-0.15, -0.1) is 0 Å². The molecule has 2 aromatic carbocycles. The number of phenols is 1. The van der Waals surface area contributed by atoms with E-state index in [9.17, 15) is 30.8 Å². The van der Waals surface area contributed by atoms with Crippen molar-refractivity contribution in [2.24, 2.45) is 0 Å². The van der Waals surface area contributed by atoms with Gasteiger partial charge in [0, 0.05) is 5.56 Å². The summed E-state index contributed by atoms with van der Waals surface area (Å²) >= 11 is 0. The first-order valence-corrected chi connectivity index (χ1v) is 9.16. The maximum atomic E-state index is 10.7. The molecule has 0 saturated carbocycles. The first-order chi connectivity index (χ1) is 13.8. The Hall–Kier alpha value is -2.51. The summed E-state index contributed by atoms with van der Waals surface area (Å²) in [6, 6.07) is 13.4. The predicted octanol–water partition coefficient (Wildman–Crippen LogP) is -0.118. The zero-order valence-electron chi connectivity index (χ0n) is 15.4. The zero-order valence-corrected chi connectivity index (χ0v) is 15.4. The summed E-state index contributed by atoms with van der Waals surface area (Å²) < 4.78 is 11.6. The van der Waals surface area contributed by atoms with Gasteiger partial charge in [-0.1, -0.05) is 18.2 Å². The maximum absolute atomic E-state index is 10.7. The summed E-state index contributed by atoms with van der Waals surface area (Å²) in [5, 5.41) is 59.9. The molecule has 29 heavy (non-hydrogen) atoms. The number of hydrogen-bond donors (Lipinski definition) is 5. The fourth-order valence-corrected chi connectivity index (χ4v) is 3.97. The van der Waals surface area contributed by atoms with Crippen molar-refractivity contribution in [3.8, 4) is 11.8 Å². The van der Waals surface area contributed by atoms with Crippen molar-refractivity contribution < 1.29 is 35.0 Å². The lowest BCUT2D eigenvalue weighted by Gasteiger charge is -2.46. The van der Waals surface area contributed by atoms with E-state index in [1.807, 2.05) is 0 Å². The van der Waals surface area contributed by atoms with Crippen molar-refractivity contribution in [2.45, 2.75) is 36.1 Å². The summed E-state index contributed by atoms with van der Waals surface area (Å²) in [6.07, 6.45) is -4.34. The molecule has 0 aliphatic carbocycles. The van der Waals surface area contributed by atoms with Crippen molar-refractivity contribution in [1.82, 2.24) is 0 Å². The van der Waals surface area contributed by atoms with Crippen molar-refractivity contribution in [3.05, 3.63) is 64.7 Å². The van der Waals surface area contributed by atoms with Crippen LogP contribution in [-0.2, 0) is 21.7 Å². The number of rotatable bonds is 4. The number of nitriles is 1.